The highest BCUT2D eigenvalue weighted by Gasteiger charge is 2.33. The molecular formula is C15H19N5O3. The van der Waals surface area contributed by atoms with E-state index in [1.165, 1.54) is 18.4 Å². The van der Waals surface area contributed by atoms with Gasteiger partial charge in [-0.05, 0) is 38.6 Å². The monoisotopic (exact) mass is 317 g/mol. The van der Waals surface area contributed by atoms with Crippen LogP contribution < -0.4 is 5.73 Å². The second-order valence-electron chi connectivity index (χ2n) is 6.19. The molecule has 0 radical (unpaired) electrons. The van der Waals surface area contributed by atoms with E-state index in [0.717, 1.165) is 43.7 Å². The van der Waals surface area contributed by atoms with Crippen molar-refractivity contribution in [2.75, 3.05) is 6.54 Å². The molecule has 4 rings (SSSR count). The fourth-order valence-electron chi connectivity index (χ4n) is 3.53. The van der Waals surface area contributed by atoms with E-state index >= 15 is 0 Å². The smallest absolute Gasteiger partial charge is 0.290 e. The molecule has 2 aliphatic rings. The van der Waals surface area contributed by atoms with Crippen molar-refractivity contribution in [3.05, 3.63) is 28.7 Å². The van der Waals surface area contributed by atoms with Gasteiger partial charge in [-0.25, -0.2) is 0 Å². The van der Waals surface area contributed by atoms with E-state index in [9.17, 15) is 4.79 Å². The summed E-state index contributed by atoms with van der Waals surface area (Å²) in [6.07, 6.45) is 6.35. The van der Waals surface area contributed by atoms with Crippen LogP contribution in [0.4, 0.5) is 0 Å². The molecule has 1 atom stereocenters. The standard InChI is InChI=1S/C15H19N5O3/c16-13(21)14-17-15(23-19-14)11-5-3-7-20(11)8-10-9-4-1-2-6-12(9)22-18-10/h11H,1-8H2,(H2,16,21)/t11-/m1/s1. The minimum atomic E-state index is -0.671. The molecule has 1 fully saturated rings. The van der Waals surface area contributed by atoms with Crippen molar-refractivity contribution in [1.82, 2.24) is 20.2 Å². The average molecular weight is 317 g/mol. The highest BCUT2D eigenvalue weighted by Crippen LogP contribution is 2.33. The molecule has 1 saturated heterocycles. The Kier molecular flexibility index (Phi) is 3.60. The maximum absolute atomic E-state index is 11.1. The predicted molar refractivity (Wildman–Crippen MR) is 78.3 cm³/mol. The van der Waals surface area contributed by atoms with Crippen molar-refractivity contribution in [1.29, 1.82) is 0 Å². The van der Waals surface area contributed by atoms with Crippen LogP contribution in [0.3, 0.4) is 0 Å². The number of nitrogens with zero attached hydrogens (tertiary/aromatic N) is 4. The molecule has 1 amide bonds. The normalized spacial score (nSPS) is 21.5. The van der Waals surface area contributed by atoms with Crippen molar-refractivity contribution in [2.45, 2.75) is 51.1 Å². The van der Waals surface area contributed by atoms with E-state index in [4.69, 9.17) is 14.8 Å². The topological polar surface area (TPSA) is 111 Å². The number of nitrogens with two attached hydrogens (primary N) is 1. The number of carbonyl (C=O) groups excluding carboxylic acids is 1. The number of aryl methyl sites for hydroxylation is 1. The molecule has 122 valence electrons. The zero-order chi connectivity index (χ0) is 15.8. The Morgan fingerprint density at radius 2 is 2.09 bits per heavy atom. The van der Waals surface area contributed by atoms with E-state index in [1.54, 1.807) is 0 Å². The van der Waals surface area contributed by atoms with Crippen LogP contribution in [0.2, 0.25) is 0 Å². The number of carbonyl (C=O) groups is 1. The van der Waals surface area contributed by atoms with Gasteiger partial charge in [0.15, 0.2) is 0 Å². The van der Waals surface area contributed by atoms with E-state index in [1.807, 2.05) is 0 Å². The molecule has 2 aromatic heterocycles. The molecular weight excluding hydrogens is 298 g/mol. The lowest BCUT2D eigenvalue weighted by molar-refractivity contribution is 0.0987. The van der Waals surface area contributed by atoms with Gasteiger partial charge in [0.05, 0.1) is 6.04 Å². The van der Waals surface area contributed by atoms with Gasteiger partial charge in [-0.1, -0.05) is 10.3 Å². The van der Waals surface area contributed by atoms with Crippen LogP contribution in [0, 0.1) is 0 Å². The van der Waals surface area contributed by atoms with Crippen molar-refractivity contribution in [2.24, 2.45) is 5.73 Å². The lowest BCUT2D eigenvalue weighted by Crippen LogP contribution is -2.24. The SMILES string of the molecule is NC(=O)c1noc([C@H]2CCCN2Cc2noc3c2CCCC3)n1. The Hall–Kier alpha value is -2.22. The third-order valence-electron chi connectivity index (χ3n) is 4.70. The zero-order valence-corrected chi connectivity index (χ0v) is 12.8. The molecule has 1 aliphatic heterocycles. The summed E-state index contributed by atoms with van der Waals surface area (Å²) in [7, 11) is 0. The molecule has 0 unspecified atom stereocenters. The minimum Gasteiger partial charge on any atom is -0.363 e. The number of fused-ring (bicyclic) bond motifs is 1. The first-order valence-corrected chi connectivity index (χ1v) is 8.06. The van der Waals surface area contributed by atoms with Crippen LogP contribution in [0.1, 0.15) is 65.3 Å². The zero-order valence-electron chi connectivity index (χ0n) is 12.8. The Bertz CT molecular complexity index is 723. The number of rotatable bonds is 4. The van der Waals surface area contributed by atoms with Crippen LogP contribution in [0.15, 0.2) is 9.05 Å². The summed E-state index contributed by atoms with van der Waals surface area (Å²) >= 11 is 0. The predicted octanol–water partition coefficient (Wildman–Crippen LogP) is 1.37. The molecule has 1 aliphatic carbocycles. The molecule has 8 heteroatoms. The summed E-state index contributed by atoms with van der Waals surface area (Å²) in [5.74, 6) is 0.755. The van der Waals surface area contributed by atoms with Gasteiger partial charge in [0.25, 0.3) is 11.7 Å². The number of primary amides is 1. The number of likely N-dealkylation sites (tertiary alicyclic amines) is 1. The van der Waals surface area contributed by atoms with Crippen molar-refractivity contribution in [3.8, 4) is 0 Å². The van der Waals surface area contributed by atoms with Gasteiger partial charge in [0, 0.05) is 18.5 Å². The van der Waals surface area contributed by atoms with E-state index < -0.39 is 5.91 Å². The number of amides is 1. The van der Waals surface area contributed by atoms with Gasteiger partial charge in [0.1, 0.15) is 11.5 Å². The van der Waals surface area contributed by atoms with Gasteiger partial charge in [-0.15, -0.1) is 0 Å². The molecule has 0 bridgehead atoms. The molecule has 3 heterocycles. The van der Waals surface area contributed by atoms with Crippen LogP contribution in [-0.2, 0) is 19.4 Å². The van der Waals surface area contributed by atoms with Crippen LogP contribution >= 0.6 is 0 Å². The van der Waals surface area contributed by atoms with E-state index in [0.29, 0.717) is 12.4 Å². The highest BCUT2D eigenvalue weighted by molar-refractivity contribution is 5.88. The molecule has 0 saturated carbocycles. The van der Waals surface area contributed by atoms with Crippen LogP contribution in [0.25, 0.3) is 0 Å². The molecule has 8 nitrogen and oxygen atoms in total. The lowest BCUT2D eigenvalue weighted by Gasteiger charge is -2.21. The summed E-state index contributed by atoms with van der Waals surface area (Å²) < 4.78 is 10.7. The highest BCUT2D eigenvalue weighted by atomic mass is 16.5. The Labute approximate surface area is 133 Å². The fourth-order valence-corrected chi connectivity index (χ4v) is 3.53. The van der Waals surface area contributed by atoms with Crippen LogP contribution in [0.5, 0.6) is 0 Å². The fraction of sp³-hybridized carbons (Fsp3) is 0.600. The maximum atomic E-state index is 11.1. The number of aromatic nitrogens is 3. The third-order valence-corrected chi connectivity index (χ3v) is 4.70. The Morgan fingerprint density at radius 1 is 1.22 bits per heavy atom. The number of hydrogen-bond acceptors (Lipinski definition) is 7. The van der Waals surface area contributed by atoms with Crippen molar-refractivity contribution >= 4 is 5.91 Å². The van der Waals surface area contributed by atoms with Gasteiger partial charge in [0.2, 0.25) is 5.89 Å². The first kappa shape index (κ1) is 14.4. The maximum Gasteiger partial charge on any atom is 0.290 e. The Morgan fingerprint density at radius 3 is 2.91 bits per heavy atom. The first-order valence-electron chi connectivity index (χ1n) is 8.06. The first-order chi connectivity index (χ1) is 11.2. The summed E-state index contributed by atoms with van der Waals surface area (Å²) in [4.78, 5) is 17.5. The van der Waals surface area contributed by atoms with Crippen LogP contribution in [-0.4, -0.2) is 32.6 Å². The largest absolute Gasteiger partial charge is 0.363 e. The third kappa shape index (κ3) is 2.63. The van der Waals surface area contributed by atoms with Crippen molar-refractivity contribution < 1.29 is 13.8 Å². The molecule has 0 aromatic carbocycles. The summed E-state index contributed by atoms with van der Waals surface area (Å²) in [6, 6.07) is 0.00606. The van der Waals surface area contributed by atoms with E-state index in [-0.39, 0.29) is 11.9 Å². The molecule has 23 heavy (non-hydrogen) atoms. The molecule has 2 aromatic rings. The quantitative estimate of drug-likeness (QED) is 0.906. The second-order valence-corrected chi connectivity index (χ2v) is 6.19. The lowest BCUT2D eigenvalue weighted by atomic mass is 9.96. The van der Waals surface area contributed by atoms with Gasteiger partial charge >= 0.3 is 0 Å². The summed E-state index contributed by atoms with van der Waals surface area (Å²) in [6.45, 7) is 1.64. The number of hydrogen-bond donors (Lipinski definition) is 1. The summed E-state index contributed by atoms with van der Waals surface area (Å²) in [5.41, 5.74) is 7.47. The average Bonchev–Trinajstić information content (AvgIpc) is 3.26. The summed E-state index contributed by atoms with van der Waals surface area (Å²) in [5, 5.41) is 7.91. The minimum absolute atomic E-state index is 0.00606. The van der Waals surface area contributed by atoms with Gasteiger partial charge < -0.3 is 14.8 Å². The van der Waals surface area contributed by atoms with E-state index in [2.05, 4.69) is 20.2 Å². The van der Waals surface area contributed by atoms with Crippen molar-refractivity contribution in [3.63, 3.8) is 0 Å². The van der Waals surface area contributed by atoms with Gasteiger partial charge in [-0.2, -0.15) is 4.98 Å². The molecule has 0 spiro atoms. The molecule has 2 N–H and O–H groups in total. The Balaban J connectivity index is 1.53. The van der Waals surface area contributed by atoms with Gasteiger partial charge in [-0.3, -0.25) is 9.69 Å². The second kappa shape index (κ2) is 5.77.